The van der Waals surface area contributed by atoms with Crippen LogP contribution in [0.5, 0.6) is 5.75 Å². The molecule has 0 saturated carbocycles. The molecule has 1 heterocycles. The molecule has 4 nitrogen and oxygen atoms in total. The lowest BCUT2D eigenvalue weighted by Crippen LogP contribution is -2.36. The highest BCUT2D eigenvalue weighted by atomic mass is 16.5. The van der Waals surface area contributed by atoms with Crippen LogP contribution in [0, 0.1) is 0 Å². The van der Waals surface area contributed by atoms with E-state index in [0.717, 1.165) is 19.3 Å². The Morgan fingerprint density at radius 1 is 1.53 bits per heavy atom. The molecular weight excluding hydrogens is 216 g/mol. The molecule has 17 heavy (non-hydrogen) atoms. The number of ether oxygens (including phenoxy) is 1. The summed E-state index contributed by atoms with van der Waals surface area (Å²) in [7, 11) is 0. The van der Waals surface area contributed by atoms with Crippen LogP contribution in [0.2, 0.25) is 0 Å². The van der Waals surface area contributed by atoms with Gasteiger partial charge in [-0.25, -0.2) is 0 Å². The van der Waals surface area contributed by atoms with Crippen LogP contribution in [-0.2, 0) is 4.79 Å². The third kappa shape index (κ3) is 5.33. The molecule has 0 aromatic carbocycles. The van der Waals surface area contributed by atoms with Crippen molar-refractivity contribution >= 4 is 5.91 Å². The molecule has 1 atom stereocenters. The average Bonchev–Trinajstić information content (AvgIpc) is 2.35. The maximum atomic E-state index is 11.7. The molecule has 0 radical (unpaired) electrons. The maximum Gasteiger partial charge on any atom is 0.260 e. The Balaban J connectivity index is 2.27. The number of carbonyl (C=O) groups excluding carboxylic acids is 1. The first kappa shape index (κ1) is 13.5. The van der Waals surface area contributed by atoms with Gasteiger partial charge in [-0.3, -0.25) is 9.78 Å². The summed E-state index contributed by atoms with van der Waals surface area (Å²) in [6.45, 7) is 4.59. The number of nitrogens with one attached hydrogen (secondary N) is 1. The first-order valence-corrected chi connectivity index (χ1v) is 6.08. The minimum absolute atomic E-state index is 0.0787. The van der Waals surface area contributed by atoms with Crippen molar-refractivity contribution in [2.24, 2.45) is 0 Å². The number of pyridine rings is 1. The van der Waals surface area contributed by atoms with Crippen molar-refractivity contribution < 1.29 is 9.53 Å². The minimum Gasteiger partial charge on any atom is -0.479 e. The van der Waals surface area contributed by atoms with E-state index in [9.17, 15) is 4.79 Å². The van der Waals surface area contributed by atoms with Crippen molar-refractivity contribution in [1.82, 2.24) is 10.3 Å². The van der Waals surface area contributed by atoms with Crippen molar-refractivity contribution in [3.8, 4) is 5.75 Å². The van der Waals surface area contributed by atoms with E-state index < -0.39 is 6.10 Å². The quantitative estimate of drug-likeness (QED) is 0.738. The van der Waals surface area contributed by atoms with Gasteiger partial charge >= 0.3 is 0 Å². The number of aromatic nitrogens is 1. The molecule has 0 aliphatic rings. The molecule has 0 aliphatic carbocycles. The summed E-state index contributed by atoms with van der Waals surface area (Å²) in [5, 5.41) is 2.85. The summed E-state index contributed by atoms with van der Waals surface area (Å²) in [5.41, 5.74) is 0. The SMILES string of the molecule is CCCCCNC(=O)C(C)Oc1cccnc1. The Morgan fingerprint density at radius 2 is 2.35 bits per heavy atom. The van der Waals surface area contributed by atoms with Gasteiger partial charge in [-0.1, -0.05) is 19.8 Å². The summed E-state index contributed by atoms with van der Waals surface area (Å²) >= 11 is 0. The fourth-order valence-electron chi connectivity index (χ4n) is 1.40. The van der Waals surface area contributed by atoms with E-state index >= 15 is 0 Å². The predicted octanol–water partition coefficient (Wildman–Crippen LogP) is 2.16. The molecular formula is C13H20N2O2. The second-order valence-corrected chi connectivity index (χ2v) is 3.95. The van der Waals surface area contributed by atoms with Gasteiger partial charge in [0, 0.05) is 12.7 Å². The third-order valence-corrected chi connectivity index (χ3v) is 2.40. The molecule has 1 amide bonds. The highest BCUT2D eigenvalue weighted by molar-refractivity contribution is 5.80. The highest BCUT2D eigenvalue weighted by Gasteiger charge is 2.13. The van der Waals surface area contributed by atoms with E-state index in [0.29, 0.717) is 12.3 Å². The zero-order chi connectivity index (χ0) is 12.5. The Kier molecular flexibility index (Phi) is 6.07. The average molecular weight is 236 g/mol. The predicted molar refractivity (Wildman–Crippen MR) is 66.9 cm³/mol. The van der Waals surface area contributed by atoms with E-state index in [2.05, 4.69) is 17.2 Å². The van der Waals surface area contributed by atoms with Crippen molar-refractivity contribution in [3.63, 3.8) is 0 Å². The lowest BCUT2D eigenvalue weighted by atomic mass is 10.2. The van der Waals surface area contributed by atoms with E-state index in [1.165, 1.54) is 0 Å². The van der Waals surface area contributed by atoms with Crippen LogP contribution < -0.4 is 10.1 Å². The van der Waals surface area contributed by atoms with Crippen LogP contribution in [0.1, 0.15) is 33.1 Å². The number of unbranched alkanes of at least 4 members (excludes halogenated alkanes) is 2. The highest BCUT2D eigenvalue weighted by Crippen LogP contribution is 2.08. The number of hydrogen-bond acceptors (Lipinski definition) is 3. The molecule has 1 N–H and O–H groups in total. The normalized spacial score (nSPS) is 11.9. The monoisotopic (exact) mass is 236 g/mol. The minimum atomic E-state index is -0.485. The third-order valence-electron chi connectivity index (χ3n) is 2.40. The first-order chi connectivity index (χ1) is 8.24. The Bertz CT molecular complexity index is 327. The summed E-state index contributed by atoms with van der Waals surface area (Å²) in [5.74, 6) is 0.536. The zero-order valence-corrected chi connectivity index (χ0v) is 10.5. The van der Waals surface area contributed by atoms with Gasteiger partial charge < -0.3 is 10.1 Å². The van der Waals surface area contributed by atoms with Crippen LogP contribution >= 0.6 is 0 Å². The molecule has 0 saturated heterocycles. The topological polar surface area (TPSA) is 51.2 Å². The molecule has 1 unspecified atom stereocenters. The molecule has 1 aromatic rings. The van der Waals surface area contributed by atoms with E-state index in [4.69, 9.17) is 4.74 Å². The summed E-state index contributed by atoms with van der Waals surface area (Å²) in [4.78, 5) is 15.6. The second kappa shape index (κ2) is 7.65. The van der Waals surface area contributed by atoms with E-state index in [1.807, 2.05) is 0 Å². The summed E-state index contributed by atoms with van der Waals surface area (Å²) in [6.07, 6.45) is 6.08. The lowest BCUT2D eigenvalue weighted by Gasteiger charge is -2.14. The van der Waals surface area contributed by atoms with Gasteiger partial charge in [0.1, 0.15) is 5.75 Å². The Labute approximate surface area is 102 Å². The van der Waals surface area contributed by atoms with Crippen molar-refractivity contribution in [3.05, 3.63) is 24.5 Å². The number of rotatable bonds is 7. The van der Waals surface area contributed by atoms with Crippen LogP contribution in [0.25, 0.3) is 0 Å². The fourth-order valence-corrected chi connectivity index (χ4v) is 1.40. The number of hydrogen-bond donors (Lipinski definition) is 1. The van der Waals surface area contributed by atoms with E-state index in [1.54, 1.807) is 31.5 Å². The number of carbonyl (C=O) groups is 1. The summed E-state index contributed by atoms with van der Waals surface area (Å²) in [6, 6.07) is 3.56. The molecule has 0 bridgehead atoms. The van der Waals surface area contributed by atoms with Gasteiger partial charge in [-0.15, -0.1) is 0 Å². The molecule has 4 heteroatoms. The Morgan fingerprint density at radius 3 is 3.00 bits per heavy atom. The smallest absolute Gasteiger partial charge is 0.260 e. The van der Waals surface area contributed by atoms with Crippen LogP contribution in [-0.4, -0.2) is 23.5 Å². The molecule has 1 rings (SSSR count). The van der Waals surface area contributed by atoms with E-state index in [-0.39, 0.29) is 5.91 Å². The molecule has 0 aliphatic heterocycles. The van der Waals surface area contributed by atoms with Crippen molar-refractivity contribution in [1.29, 1.82) is 0 Å². The van der Waals surface area contributed by atoms with Crippen molar-refractivity contribution in [2.75, 3.05) is 6.54 Å². The summed E-state index contributed by atoms with van der Waals surface area (Å²) < 4.78 is 5.46. The molecule has 0 spiro atoms. The van der Waals surface area contributed by atoms with Gasteiger partial charge in [0.2, 0.25) is 0 Å². The van der Waals surface area contributed by atoms with Gasteiger partial charge in [0.05, 0.1) is 6.20 Å². The fraction of sp³-hybridized carbons (Fsp3) is 0.538. The van der Waals surface area contributed by atoms with Crippen molar-refractivity contribution in [2.45, 2.75) is 39.2 Å². The van der Waals surface area contributed by atoms with Gasteiger partial charge in [0.15, 0.2) is 6.10 Å². The first-order valence-electron chi connectivity index (χ1n) is 6.08. The number of nitrogens with zero attached hydrogens (tertiary/aromatic N) is 1. The van der Waals surface area contributed by atoms with Gasteiger partial charge in [0.25, 0.3) is 5.91 Å². The maximum absolute atomic E-state index is 11.7. The molecule has 1 aromatic heterocycles. The van der Waals surface area contributed by atoms with Crippen LogP contribution in [0.4, 0.5) is 0 Å². The van der Waals surface area contributed by atoms with Gasteiger partial charge in [-0.05, 0) is 25.5 Å². The van der Waals surface area contributed by atoms with Gasteiger partial charge in [-0.2, -0.15) is 0 Å². The Hall–Kier alpha value is -1.58. The number of amides is 1. The zero-order valence-electron chi connectivity index (χ0n) is 10.5. The second-order valence-electron chi connectivity index (χ2n) is 3.95. The molecule has 0 fully saturated rings. The van der Waals surface area contributed by atoms with Crippen LogP contribution in [0.15, 0.2) is 24.5 Å². The van der Waals surface area contributed by atoms with Crippen LogP contribution in [0.3, 0.4) is 0 Å². The standard InChI is InChI=1S/C13H20N2O2/c1-3-4-5-9-15-13(16)11(2)17-12-7-6-8-14-10-12/h6-8,10-11H,3-5,9H2,1-2H3,(H,15,16). The molecule has 94 valence electrons. The lowest BCUT2D eigenvalue weighted by molar-refractivity contribution is -0.127. The largest absolute Gasteiger partial charge is 0.479 e.